The van der Waals surface area contributed by atoms with Gasteiger partial charge in [0, 0.05) is 30.6 Å². The summed E-state index contributed by atoms with van der Waals surface area (Å²) in [5.74, 6) is -0.251. The van der Waals surface area contributed by atoms with Crippen molar-refractivity contribution < 1.29 is 14.0 Å². The van der Waals surface area contributed by atoms with E-state index in [0.29, 0.717) is 63.5 Å². The van der Waals surface area contributed by atoms with Gasteiger partial charge < -0.3 is 16.0 Å². The van der Waals surface area contributed by atoms with Crippen molar-refractivity contribution in [1.82, 2.24) is 20.2 Å². The number of nitrogens with one attached hydrogen (secondary N) is 2. The van der Waals surface area contributed by atoms with Crippen LogP contribution in [-0.2, 0) is 10.2 Å². The first-order chi connectivity index (χ1) is 17.9. The third-order valence-corrected chi connectivity index (χ3v) is 8.50. The molecule has 4 aromatic rings. The number of carbonyl (C=O) groups is 2. The molecule has 4 heterocycles. The van der Waals surface area contributed by atoms with E-state index in [1.54, 1.807) is 24.4 Å². The van der Waals surface area contributed by atoms with Gasteiger partial charge in [0.2, 0.25) is 5.65 Å². The SMILES string of the molecule is NC[C@]1(c2ccccc2F)[C@@H]2CCN(c3cnc4c(-c5cc6c(cc5Cl)NC(=O)C6=O)[nH]nc4n3)C[C@@H]21. The third kappa shape index (κ3) is 3.09. The summed E-state index contributed by atoms with van der Waals surface area (Å²) in [6.45, 7) is 1.86. The summed E-state index contributed by atoms with van der Waals surface area (Å²) < 4.78 is 14.7. The second kappa shape index (κ2) is 7.80. The highest BCUT2D eigenvalue weighted by atomic mass is 35.5. The van der Waals surface area contributed by atoms with Crippen molar-refractivity contribution in [3.8, 4) is 11.3 Å². The van der Waals surface area contributed by atoms with Crippen LogP contribution in [0.2, 0.25) is 5.02 Å². The van der Waals surface area contributed by atoms with Gasteiger partial charge in [-0.15, -0.1) is 0 Å². The fraction of sp³-hybridized carbons (Fsp3) is 0.269. The zero-order valence-corrected chi connectivity index (χ0v) is 20.2. The van der Waals surface area contributed by atoms with Gasteiger partial charge in [-0.05, 0) is 42.0 Å². The first-order valence-electron chi connectivity index (χ1n) is 12.0. The molecule has 0 radical (unpaired) electrons. The number of anilines is 2. The van der Waals surface area contributed by atoms with Crippen LogP contribution in [0.15, 0.2) is 42.6 Å². The molecule has 0 spiro atoms. The van der Waals surface area contributed by atoms with Crippen LogP contribution in [0.25, 0.3) is 22.4 Å². The van der Waals surface area contributed by atoms with Crippen molar-refractivity contribution in [3.63, 3.8) is 0 Å². The van der Waals surface area contributed by atoms with Gasteiger partial charge in [0.05, 0.1) is 28.2 Å². The minimum atomic E-state index is -0.685. The van der Waals surface area contributed by atoms with Gasteiger partial charge >= 0.3 is 0 Å². The van der Waals surface area contributed by atoms with Crippen LogP contribution in [0.1, 0.15) is 22.3 Å². The van der Waals surface area contributed by atoms with Crippen LogP contribution in [-0.4, -0.2) is 51.5 Å². The lowest BCUT2D eigenvalue weighted by atomic mass is 9.91. The van der Waals surface area contributed by atoms with E-state index in [9.17, 15) is 14.0 Å². The number of nitrogens with two attached hydrogens (primary N) is 1. The molecule has 2 aromatic carbocycles. The smallest absolute Gasteiger partial charge is 0.296 e. The highest BCUT2D eigenvalue weighted by molar-refractivity contribution is 6.52. The van der Waals surface area contributed by atoms with Crippen LogP contribution in [0, 0.1) is 17.7 Å². The van der Waals surface area contributed by atoms with Gasteiger partial charge in [-0.1, -0.05) is 29.8 Å². The molecule has 2 aromatic heterocycles. The maximum absolute atomic E-state index is 14.7. The summed E-state index contributed by atoms with van der Waals surface area (Å²) in [6.07, 6.45) is 2.57. The van der Waals surface area contributed by atoms with Crippen molar-refractivity contribution in [2.24, 2.45) is 17.6 Å². The van der Waals surface area contributed by atoms with Crippen LogP contribution < -0.4 is 16.0 Å². The van der Waals surface area contributed by atoms with Crippen molar-refractivity contribution in [1.29, 1.82) is 0 Å². The molecule has 1 aliphatic carbocycles. The number of benzene rings is 2. The molecule has 37 heavy (non-hydrogen) atoms. The second-order valence-electron chi connectivity index (χ2n) is 9.83. The van der Waals surface area contributed by atoms with Crippen molar-refractivity contribution in [3.05, 3.63) is 64.6 Å². The molecule has 2 fully saturated rings. The van der Waals surface area contributed by atoms with E-state index < -0.39 is 11.7 Å². The number of aromatic amines is 1. The van der Waals surface area contributed by atoms with E-state index in [0.717, 1.165) is 13.0 Å². The molecule has 7 rings (SSSR count). The average molecular weight is 518 g/mol. The minimum Gasteiger partial charge on any atom is -0.355 e. The van der Waals surface area contributed by atoms with Crippen LogP contribution in [0.4, 0.5) is 15.9 Å². The van der Waals surface area contributed by atoms with Crippen molar-refractivity contribution >= 4 is 46.0 Å². The number of amides is 1. The Hall–Kier alpha value is -3.89. The lowest BCUT2D eigenvalue weighted by Gasteiger charge is -2.26. The van der Waals surface area contributed by atoms with Gasteiger partial charge in [-0.25, -0.2) is 14.4 Å². The summed E-state index contributed by atoms with van der Waals surface area (Å²) in [6, 6.07) is 10.0. The fourth-order valence-electron chi connectivity index (χ4n) is 6.32. The van der Waals surface area contributed by atoms with Crippen molar-refractivity contribution in [2.75, 3.05) is 29.9 Å². The summed E-state index contributed by atoms with van der Waals surface area (Å²) in [5.41, 5.74) is 9.13. The molecule has 0 bridgehead atoms. The van der Waals surface area contributed by atoms with Crippen LogP contribution in [0.5, 0.6) is 0 Å². The minimum absolute atomic E-state index is 0.203. The van der Waals surface area contributed by atoms with Crippen LogP contribution >= 0.6 is 11.6 Å². The van der Waals surface area contributed by atoms with E-state index in [1.165, 1.54) is 6.07 Å². The molecule has 1 saturated heterocycles. The lowest BCUT2D eigenvalue weighted by molar-refractivity contribution is -0.112. The van der Waals surface area contributed by atoms with E-state index in [1.807, 2.05) is 12.1 Å². The number of halogens is 2. The Bertz CT molecular complexity index is 1640. The normalized spacial score (nSPS) is 24.2. The van der Waals surface area contributed by atoms with E-state index in [2.05, 4.69) is 25.4 Å². The van der Waals surface area contributed by atoms with Gasteiger partial charge in [0.15, 0.2) is 0 Å². The Morgan fingerprint density at radius 2 is 2.03 bits per heavy atom. The number of nitrogens with zero attached hydrogens (tertiary/aromatic N) is 4. The monoisotopic (exact) mass is 517 g/mol. The number of fused-ring (bicyclic) bond motifs is 3. The summed E-state index contributed by atoms with van der Waals surface area (Å²) in [7, 11) is 0. The number of ketones is 1. The molecule has 1 saturated carbocycles. The van der Waals surface area contributed by atoms with Gasteiger partial charge in [0.25, 0.3) is 11.7 Å². The zero-order chi connectivity index (χ0) is 25.5. The number of hydrogen-bond donors (Lipinski definition) is 3. The van der Waals surface area contributed by atoms with Gasteiger partial charge in [0.1, 0.15) is 17.2 Å². The standard InChI is InChI=1S/C26H21ClFN7O2/c27-17-8-19-13(23(36)25(37)31-19)7-12(17)21-22-24(34-33-21)32-20(9-30-22)35-6-5-14-16(10-35)26(14,11-29)15-3-1-2-4-18(15)28/h1-4,7-9,14,16H,5-6,10-11,29H2,(H,31,36,37)(H,32,33,34)/t14-,16+,26-/m1/s1. The summed E-state index contributed by atoms with van der Waals surface area (Å²) >= 11 is 6.47. The quantitative estimate of drug-likeness (QED) is 0.354. The number of piperidine rings is 1. The molecule has 0 unspecified atom stereocenters. The number of carbonyl (C=O) groups excluding carboxylic acids is 2. The first-order valence-corrected chi connectivity index (χ1v) is 12.4. The highest BCUT2D eigenvalue weighted by Crippen LogP contribution is 2.63. The first kappa shape index (κ1) is 22.3. The zero-order valence-electron chi connectivity index (χ0n) is 19.5. The molecule has 186 valence electrons. The molecular formula is C26H21ClFN7O2. The summed E-state index contributed by atoms with van der Waals surface area (Å²) in [5, 5.41) is 10.1. The van der Waals surface area contributed by atoms with Gasteiger partial charge in [-0.2, -0.15) is 5.10 Å². The Labute approximate surface area is 215 Å². The Kier molecular flexibility index (Phi) is 4.71. The largest absolute Gasteiger partial charge is 0.355 e. The third-order valence-electron chi connectivity index (χ3n) is 8.19. The number of hydrogen-bond acceptors (Lipinski definition) is 7. The number of Topliss-reactive ketones (excluding diaryl/α,β-unsaturated/α-hetero) is 1. The molecular weight excluding hydrogens is 497 g/mol. The average Bonchev–Trinajstić information content (AvgIpc) is 3.21. The topological polar surface area (TPSA) is 130 Å². The predicted molar refractivity (Wildman–Crippen MR) is 136 cm³/mol. The fourth-order valence-corrected chi connectivity index (χ4v) is 6.58. The predicted octanol–water partition coefficient (Wildman–Crippen LogP) is 3.30. The van der Waals surface area contributed by atoms with E-state index in [-0.39, 0.29) is 22.7 Å². The maximum atomic E-state index is 14.7. The van der Waals surface area contributed by atoms with Crippen molar-refractivity contribution in [2.45, 2.75) is 11.8 Å². The molecule has 3 aliphatic rings. The lowest BCUT2D eigenvalue weighted by Crippen LogP contribution is -2.32. The highest BCUT2D eigenvalue weighted by Gasteiger charge is 2.66. The molecule has 4 N–H and O–H groups in total. The second-order valence-corrected chi connectivity index (χ2v) is 10.2. The number of aromatic nitrogens is 4. The number of rotatable bonds is 4. The molecule has 11 heteroatoms. The van der Waals surface area contributed by atoms with E-state index in [4.69, 9.17) is 22.3 Å². The molecule has 3 atom stereocenters. The van der Waals surface area contributed by atoms with Gasteiger partial charge in [-0.3, -0.25) is 14.7 Å². The molecule has 1 amide bonds. The van der Waals surface area contributed by atoms with Crippen LogP contribution in [0.3, 0.4) is 0 Å². The maximum Gasteiger partial charge on any atom is 0.296 e. The number of H-pyrrole nitrogens is 1. The molecule has 9 nitrogen and oxygen atoms in total. The Balaban J connectivity index is 1.19. The van der Waals surface area contributed by atoms with E-state index >= 15 is 0 Å². The Morgan fingerprint density at radius 3 is 2.84 bits per heavy atom. The summed E-state index contributed by atoms with van der Waals surface area (Å²) in [4.78, 5) is 35.4. The Morgan fingerprint density at radius 1 is 1.19 bits per heavy atom. The molecule has 2 aliphatic heterocycles.